The zero-order valence-electron chi connectivity index (χ0n) is 31.1. The second-order valence-corrected chi connectivity index (χ2v) is 14.3. The molecule has 2 heterocycles. The Labute approximate surface area is 309 Å². The lowest BCUT2D eigenvalue weighted by atomic mass is 9.87. The monoisotopic (exact) mass is 741 g/mol. The van der Waals surface area contributed by atoms with E-state index in [0.29, 0.717) is 23.5 Å². The van der Waals surface area contributed by atoms with Crippen LogP contribution in [0.5, 0.6) is 23.0 Å². The predicted molar refractivity (Wildman–Crippen MR) is 203 cm³/mol. The maximum atomic E-state index is 12.3. The molecule has 0 aliphatic carbocycles. The smallest absolute Gasteiger partial charge is 0.492 e. The van der Waals surface area contributed by atoms with E-state index in [2.05, 4.69) is 37.5 Å². The fraction of sp³-hybridized carbons (Fsp3) is 0.300. The molecule has 0 radical (unpaired) electrons. The van der Waals surface area contributed by atoms with Crippen LogP contribution in [0.4, 0.5) is 0 Å². The van der Waals surface area contributed by atoms with Gasteiger partial charge in [0.2, 0.25) is 0 Å². The molecule has 2 N–H and O–H groups in total. The quantitative estimate of drug-likeness (QED) is 0.0807. The molecule has 278 valence electrons. The van der Waals surface area contributed by atoms with Crippen molar-refractivity contribution >= 4 is 25.8 Å². The molecule has 0 fully saturated rings. The molecule has 6 rings (SSSR count). The molecule has 0 spiro atoms. The van der Waals surface area contributed by atoms with E-state index in [1.165, 1.54) is 27.8 Å². The molecule has 1 atom stereocenters. The van der Waals surface area contributed by atoms with E-state index in [1.54, 1.807) is 66.7 Å². The molecule has 4 aromatic rings. The van der Waals surface area contributed by atoms with Crippen LogP contribution >= 0.6 is 7.75 Å². The van der Waals surface area contributed by atoms with E-state index in [-0.39, 0.29) is 13.2 Å². The summed E-state index contributed by atoms with van der Waals surface area (Å²) in [6.45, 7) is 16.8. The van der Waals surface area contributed by atoms with Crippen LogP contribution in [0.15, 0.2) is 71.1 Å². The highest BCUT2D eigenvalue weighted by Crippen LogP contribution is 2.50. The van der Waals surface area contributed by atoms with Gasteiger partial charge in [0, 0.05) is 15.4 Å². The topological polar surface area (TPSA) is 177 Å². The average Bonchev–Trinajstić information content (AvgIpc) is 3.15. The minimum atomic E-state index is -3.95. The molecule has 2 aliphatic heterocycles. The number of aliphatic carboxylic acids is 2. The van der Waals surface area contributed by atoms with Gasteiger partial charge in [0.25, 0.3) is 0 Å². The summed E-state index contributed by atoms with van der Waals surface area (Å²) in [6, 6.07) is 16.8. The normalized spacial score (nSPS) is 14.0. The number of hydrogen-bond acceptors (Lipinski definition) is 7. The number of benzene rings is 4. The highest BCUT2D eigenvalue weighted by molar-refractivity contribution is 7.53. The summed E-state index contributed by atoms with van der Waals surface area (Å²) in [6.07, 6.45) is 2.31. The maximum Gasteiger partial charge on any atom is 0.525 e. The Morgan fingerprint density at radius 3 is 1.72 bits per heavy atom. The van der Waals surface area contributed by atoms with Crippen LogP contribution in [-0.2, 0) is 20.6 Å². The van der Waals surface area contributed by atoms with Gasteiger partial charge in [-0.05, 0) is 148 Å². The van der Waals surface area contributed by atoms with Gasteiger partial charge in [-0.1, -0.05) is 36.4 Å². The van der Waals surface area contributed by atoms with Crippen LogP contribution in [0.25, 0.3) is 16.5 Å². The molecule has 4 aromatic carbocycles. The van der Waals surface area contributed by atoms with E-state index in [9.17, 15) is 14.2 Å². The third-order valence-corrected chi connectivity index (χ3v) is 10.9. The summed E-state index contributed by atoms with van der Waals surface area (Å²) in [5, 5.41) is 18.1. The number of carboxylic acids is 2. The maximum absolute atomic E-state index is 12.3. The Morgan fingerprint density at radius 1 is 0.736 bits per heavy atom. The van der Waals surface area contributed by atoms with Crippen LogP contribution in [-0.4, -0.2) is 35.4 Å². The molecule has 0 bridgehead atoms. The third kappa shape index (κ3) is 9.40. The first kappa shape index (κ1) is 40.1. The molecule has 0 amide bonds. The Bertz CT molecular complexity index is 2100. The lowest BCUT2D eigenvalue weighted by Crippen LogP contribution is -2.29. The molecular formula is C40H44N3O9P. The molecule has 12 nitrogen and oxygen atoms in total. The second kappa shape index (κ2) is 17.2. The molecule has 0 saturated carbocycles. The van der Waals surface area contributed by atoms with Gasteiger partial charge in [-0.2, -0.15) is 0 Å². The van der Waals surface area contributed by atoms with E-state index in [1.807, 2.05) is 27.7 Å². The number of carboxylic acid groups (broad SMARTS) is 2. The molecular weight excluding hydrogens is 697 g/mol. The van der Waals surface area contributed by atoms with Gasteiger partial charge in [-0.25, -0.2) is 9.36 Å². The van der Waals surface area contributed by atoms with Crippen molar-refractivity contribution in [1.29, 1.82) is 0 Å². The summed E-state index contributed by atoms with van der Waals surface area (Å²) < 4.78 is 33.9. The van der Waals surface area contributed by atoms with Crippen molar-refractivity contribution in [2.45, 2.75) is 61.8 Å². The predicted octanol–water partition coefficient (Wildman–Crippen LogP) is 9.90. The van der Waals surface area contributed by atoms with E-state index in [0.717, 1.165) is 39.3 Å². The van der Waals surface area contributed by atoms with Crippen molar-refractivity contribution in [2.24, 2.45) is 10.8 Å². The van der Waals surface area contributed by atoms with Crippen LogP contribution in [0.2, 0.25) is 0 Å². The number of nitrogens with zero attached hydrogens (tertiary/aromatic N) is 3. The van der Waals surface area contributed by atoms with Crippen LogP contribution in [0, 0.1) is 61.3 Å². The van der Waals surface area contributed by atoms with Crippen molar-refractivity contribution in [3.63, 3.8) is 0 Å². The van der Waals surface area contributed by atoms with Gasteiger partial charge in [-0.15, -0.1) is 0 Å². The number of ether oxygens (including phenoxy) is 2. The largest absolute Gasteiger partial charge is 0.525 e. The second-order valence-electron chi connectivity index (χ2n) is 12.8. The number of azide groups is 1. The Kier molecular flexibility index (Phi) is 13.0. The van der Waals surface area contributed by atoms with E-state index >= 15 is 0 Å². The molecule has 0 saturated heterocycles. The lowest BCUT2D eigenvalue weighted by Gasteiger charge is -2.28. The minimum Gasteiger partial charge on any atom is -0.492 e. The van der Waals surface area contributed by atoms with Crippen molar-refractivity contribution < 1.29 is 42.9 Å². The summed E-state index contributed by atoms with van der Waals surface area (Å²) in [4.78, 5) is 27.6. The Hall–Kier alpha value is -5.70. The average molecular weight is 742 g/mol. The number of carbonyl (C=O) groups is 2. The lowest BCUT2D eigenvalue weighted by molar-refractivity contribution is -0.143. The number of para-hydroxylation sites is 2. The fourth-order valence-corrected chi connectivity index (χ4v) is 6.92. The first-order valence-electron chi connectivity index (χ1n) is 16.9. The summed E-state index contributed by atoms with van der Waals surface area (Å²) in [5.74, 6) is 0.238. The molecule has 13 heteroatoms. The highest BCUT2D eigenvalue weighted by atomic mass is 31.2. The summed E-state index contributed by atoms with van der Waals surface area (Å²) in [7, 11) is -3.95. The van der Waals surface area contributed by atoms with Crippen LogP contribution in [0.3, 0.4) is 0 Å². The minimum absolute atomic E-state index is 0.144. The SMILES string of the molecule is Cc1c(C)c(C)c2c(c1C)C=C(C(=O)O)CO2.Cc1c(C)c(C)c2c(c1C)CC(C(=O)O)CO2.[N-]=[N+]=NP(=O)(Oc1ccccc1)Oc1ccccc1. The van der Waals surface area contributed by atoms with Crippen LogP contribution < -0.4 is 18.5 Å². The Morgan fingerprint density at radius 2 is 1.23 bits per heavy atom. The van der Waals surface area contributed by atoms with Gasteiger partial charge < -0.3 is 28.7 Å². The third-order valence-electron chi connectivity index (χ3n) is 9.70. The van der Waals surface area contributed by atoms with Gasteiger partial charge >= 0.3 is 19.7 Å². The van der Waals surface area contributed by atoms with E-state index in [4.69, 9.17) is 34.3 Å². The van der Waals surface area contributed by atoms with Crippen molar-refractivity contribution in [1.82, 2.24) is 0 Å². The fourth-order valence-electron chi connectivity index (χ4n) is 5.93. The van der Waals surface area contributed by atoms with Crippen molar-refractivity contribution in [3.05, 3.63) is 132 Å². The summed E-state index contributed by atoms with van der Waals surface area (Å²) >= 11 is 0. The standard InChI is InChI=1S/C14H18O3.C14H16O3.C12H10N3O3P/c2*1-7-8(2)10(4)13-12(9(7)3)5-11(6-17-13)14(15)16;13-14-15-19(16,17-11-7-3-1-4-8-11)18-12-9-5-2-6-10-12/h11H,5-6H2,1-4H3,(H,15,16);5H,6H2,1-4H3,(H,15,16);1-10H. The number of rotatable bonds is 7. The molecule has 1 unspecified atom stereocenters. The molecule has 2 aliphatic rings. The number of fused-ring (bicyclic) bond motifs is 2. The van der Waals surface area contributed by atoms with Crippen molar-refractivity contribution in [2.75, 3.05) is 13.2 Å². The Balaban J connectivity index is 0.000000178. The highest BCUT2D eigenvalue weighted by Gasteiger charge is 2.29. The molecule has 53 heavy (non-hydrogen) atoms. The zero-order chi connectivity index (χ0) is 39.0. The summed E-state index contributed by atoms with van der Waals surface area (Å²) in [5.41, 5.74) is 20.2. The van der Waals surface area contributed by atoms with Crippen LogP contribution in [0.1, 0.15) is 55.6 Å². The zero-order valence-corrected chi connectivity index (χ0v) is 32.0. The number of hydrogen-bond donors (Lipinski definition) is 2. The van der Waals surface area contributed by atoms with Gasteiger partial charge in [0.1, 0.15) is 36.2 Å². The van der Waals surface area contributed by atoms with Crippen molar-refractivity contribution in [3.8, 4) is 23.0 Å². The molecule has 0 aromatic heterocycles. The first-order valence-corrected chi connectivity index (χ1v) is 18.4. The van der Waals surface area contributed by atoms with Gasteiger partial charge in [0.15, 0.2) is 0 Å². The first-order chi connectivity index (χ1) is 25.1. The van der Waals surface area contributed by atoms with E-state index < -0.39 is 25.6 Å². The van der Waals surface area contributed by atoms with Gasteiger partial charge in [0.05, 0.1) is 11.5 Å². The van der Waals surface area contributed by atoms with Gasteiger partial charge in [-0.3, -0.25) is 4.79 Å².